The summed E-state index contributed by atoms with van der Waals surface area (Å²) in [6.07, 6.45) is 1.85. The molecule has 120 valence electrons. The predicted octanol–water partition coefficient (Wildman–Crippen LogP) is 1.55. The Hall–Kier alpha value is -2.08. The molecule has 0 saturated heterocycles. The fourth-order valence-corrected chi connectivity index (χ4v) is 2.60. The van der Waals surface area contributed by atoms with E-state index in [1.165, 1.54) is 11.1 Å². The highest BCUT2D eigenvalue weighted by molar-refractivity contribution is 5.48. The van der Waals surface area contributed by atoms with Crippen molar-refractivity contribution in [1.29, 1.82) is 0 Å². The van der Waals surface area contributed by atoms with Crippen LogP contribution in [0.15, 0.2) is 18.3 Å². The molecule has 0 bridgehead atoms. The quantitative estimate of drug-likeness (QED) is 0.877. The zero-order chi connectivity index (χ0) is 16.3. The Morgan fingerprint density at radius 3 is 2.50 bits per heavy atom. The predicted molar refractivity (Wildman–Crippen MR) is 91.4 cm³/mol. The van der Waals surface area contributed by atoms with Crippen molar-refractivity contribution in [3.63, 3.8) is 0 Å². The monoisotopic (exact) mass is 302 g/mol. The molecule has 0 unspecified atom stereocenters. The van der Waals surface area contributed by atoms with E-state index in [1.807, 2.05) is 57.1 Å². The number of anilines is 2. The van der Waals surface area contributed by atoms with Gasteiger partial charge in [-0.1, -0.05) is 0 Å². The van der Waals surface area contributed by atoms with Gasteiger partial charge in [0.2, 0.25) is 0 Å². The van der Waals surface area contributed by atoms with Crippen LogP contribution in [0.3, 0.4) is 0 Å². The van der Waals surface area contributed by atoms with E-state index in [9.17, 15) is 0 Å². The summed E-state index contributed by atoms with van der Waals surface area (Å²) < 4.78 is 1.93. The minimum Gasteiger partial charge on any atom is -0.363 e. The lowest BCUT2D eigenvalue weighted by atomic mass is 10.2. The van der Waals surface area contributed by atoms with Crippen molar-refractivity contribution in [2.24, 2.45) is 7.05 Å². The summed E-state index contributed by atoms with van der Waals surface area (Å²) >= 11 is 0. The molecular formula is C16H26N6. The Morgan fingerprint density at radius 1 is 1.14 bits per heavy atom. The van der Waals surface area contributed by atoms with Gasteiger partial charge in [0.25, 0.3) is 0 Å². The van der Waals surface area contributed by atoms with Crippen molar-refractivity contribution in [3.05, 3.63) is 35.2 Å². The van der Waals surface area contributed by atoms with Crippen LogP contribution < -0.4 is 15.1 Å². The van der Waals surface area contributed by atoms with Gasteiger partial charge in [0.1, 0.15) is 11.6 Å². The number of hydrogen-bond donors (Lipinski definition) is 1. The summed E-state index contributed by atoms with van der Waals surface area (Å²) in [5.74, 6) is 2.12. The molecule has 2 heterocycles. The molecule has 0 aliphatic heterocycles. The summed E-state index contributed by atoms with van der Waals surface area (Å²) in [5, 5.41) is 8.02. The highest BCUT2D eigenvalue weighted by Crippen LogP contribution is 2.21. The summed E-state index contributed by atoms with van der Waals surface area (Å²) in [4.78, 5) is 8.46. The SMILES string of the molecule is Cc1nn(C)c(N(C)C)c1CNCc1ccnc(N(C)C)c1. The van der Waals surface area contributed by atoms with Crippen molar-refractivity contribution in [2.75, 3.05) is 38.0 Å². The van der Waals surface area contributed by atoms with Crippen LogP contribution in [-0.4, -0.2) is 43.0 Å². The highest BCUT2D eigenvalue weighted by Gasteiger charge is 2.14. The largest absolute Gasteiger partial charge is 0.363 e. The van der Waals surface area contributed by atoms with Crippen LogP contribution in [0.4, 0.5) is 11.6 Å². The molecule has 2 rings (SSSR count). The molecule has 2 aromatic heterocycles. The van der Waals surface area contributed by atoms with Gasteiger partial charge in [-0.05, 0) is 24.6 Å². The van der Waals surface area contributed by atoms with Crippen molar-refractivity contribution < 1.29 is 0 Å². The number of aromatic nitrogens is 3. The first kappa shape index (κ1) is 16.3. The van der Waals surface area contributed by atoms with Gasteiger partial charge in [-0.3, -0.25) is 4.68 Å². The van der Waals surface area contributed by atoms with Crippen LogP contribution in [0.5, 0.6) is 0 Å². The normalized spacial score (nSPS) is 10.8. The van der Waals surface area contributed by atoms with E-state index in [0.29, 0.717) is 0 Å². The molecule has 0 aliphatic rings. The fraction of sp³-hybridized carbons (Fsp3) is 0.500. The molecule has 0 aliphatic carbocycles. The minimum absolute atomic E-state index is 0.798. The first-order chi connectivity index (χ1) is 10.4. The molecule has 0 atom stereocenters. The lowest BCUT2D eigenvalue weighted by Crippen LogP contribution is -2.19. The van der Waals surface area contributed by atoms with E-state index in [-0.39, 0.29) is 0 Å². The molecule has 0 radical (unpaired) electrons. The average Bonchev–Trinajstić information content (AvgIpc) is 2.73. The molecule has 0 aromatic carbocycles. The van der Waals surface area contributed by atoms with Gasteiger partial charge >= 0.3 is 0 Å². The van der Waals surface area contributed by atoms with Crippen LogP contribution >= 0.6 is 0 Å². The van der Waals surface area contributed by atoms with Crippen LogP contribution in [0.2, 0.25) is 0 Å². The van der Waals surface area contributed by atoms with Crippen LogP contribution in [0.25, 0.3) is 0 Å². The second kappa shape index (κ2) is 6.79. The van der Waals surface area contributed by atoms with Gasteiger partial charge in [-0.25, -0.2) is 4.98 Å². The van der Waals surface area contributed by atoms with E-state index < -0.39 is 0 Å². The van der Waals surface area contributed by atoms with Crippen LogP contribution in [-0.2, 0) is 20.1 Å². The molecule has 0 fully saturated rings. The first-order valence-electron chi connectivity index (χ1n) is 7.43. The van der Waals surface area contributed by atoms with Crippen molar-refractivity contribution in [1.82, 2.24) is 20.1 Å². The topological polar surface area (TPSA) is 49.2 Å². The maximum Gasteiger partial charge on any atom is 0.130 e. The molecular weight excluding hydrogens is 276 g/mol. The zero-order valence-corrected chi connectivity index (χ0v) is 14.4. The molecule has 0 spiro atoms. The van der Waals surface area contributed by atoms with E-state index in [1.54, 1.807) is 0 Å². The Balaban J connectivity index is 2.04. The molecule has 2 aromatic rings. The molecule has 22 heavy (non-hydrogen) atoms. The summed E-state index contributed by atoms with van der Waals surface area (Å²) in [5.41, 5.74) is 3.54. The van der Waals surface area contributed by atoms with Crippen molar-refractivity contribution in [2.45, 2.75) is 20.0 Å². The van der Waals surface area contributed by atoms with Gasteiger partial charge < -0.3 is 15.1 Å². The molecule has 6 heteroatoms. The lowest BCUT2D eigenvalue weighted by molar-refractivity contribution is 0.688. The number of pyridine rings is 1. The third-order valence-corrected chi connectivity index (χ3v) is 3.64. The third kappa shape index (κ3) is 3.57. The second-order valence-electron chi connectivity index (χ2n) is 5.93. The number of nitrogens with one attached hydrogen (secondary N) is 1. The van der Waals surface area contributed by atoms with Gasteiger partial charge in [0.05, 0.1) is 5.69 Å². The van der Waals surface area contributed by atoms with Crippen molar-refractivity contribution in [3.8, 4) is 0 Å². The molecule has 0 saturated carbocycles. The summed E-state index contributed by atoms with van der Waals surface area (Å²) in [6.45, 7) is 3.66. The van der Waals surface area contributed by atoms with Crippen LogP contribution in [0.1, 0.15) is 16.8 Å². The summed E-state index contributed by atoms with van der Waals surface area (Å²) in [6, 6.07) is 4.15. The molecule has 1 N–H and O–H groups in total. The van der Waals surface area contributed by atoms with Gasteiger partial charge in [0, 0.05) is 60.1 Å². The Bertz CT molecular complexity index is 630. The Morgan fingerprint density at radius 2 is 1.86 bits per heavy atom. The lowest BCUT2D eigenvalue weighted by Gasteiger charge is -2.16. The Kier molecular flexibility index (Phi) is 5.03. The average molecular weight is 302 g/mol. The summed E-state index contributed by atoms with van der Waals surface area (Å²) in [7, 11) is 10.1. The van der Waals surface area contributed by atoms with E-state index in [2.05, 4.69) is 33.3 Å². The fourth-order valence-electron chi connectivity index (χ4n) is 2.60. The van der Waals surface area contributed by atoms with E-state index in [4.69, 9.17) is 0 Å². The highest BCUT2D eigenvalue weighted by atomic mass is 15.4. The number of hydrogen-bond acceptors (Lipinski definition) is 5. The minimum atomic E-state index is 0.798. The van der Waals surface area contributed by atoms with E-state index in [0.717, 1.165) is 30.4 Å². The number of rotatable bonds is 6. The second-order valence-corrected chi connectivity index (χ2v) is 5.93. The Labute approximate surface area is 132 Å². The third-order valence-electron chi connectivity index (χ3n) is 3.64. The van der Waals surface area contributed by atoms with Crippen LogP contribution in [0, 0.1) is 6.92 Å². The maximum atomic E-state index is 4.51. The zero-order valence-electron chi connectivity index (χ0n) is 14.4. The van der Waals surface area contributed by atoms with E-state index >= 15 is 0 Å². The standard InChI is InChI=1S/C16H26N6/c1-12-14(16(21(4)5)22(6)19-12)11-17-10-13-7-8-18-15(9-13)20(2)3/h7-9,17H,10-11H2,1-6H3. The first-order valence-corrected chi connectivity index (χ1v) is 7.43. The molecule has 0 amide bonds. The van der Waals surface area contributed by atoms with Crippen molar-refractivity contribution >= 4 is 11.6 Å². The molecule has 6 nitrogen and oxygen atoms in total. The van der Waals surface area contributed by atoms with Gasteiger partial charge in [-0.2, -0.15) is 5.10 Å². The maximum absolute atomic E-state index is 4.51. The number of nitrogens with zero attached hydrogens (tertiary/aromatic N) is 5. The van der Waals surface area contributed by atoms with Gasteiger partial charge in [-0.15, -0.1) is 0 Å². The van der Waals surface area contributed by atoms with Gasteiger partial charge in [0.15, 0.2) is 0 Å². The number of aryl methyl sites for hydroxylation is 2. The smallest absolute Gasteiger partial charge is 0.130 e.